The van der Waals surface area contributed by atoms with Gasteiger partial charge in [-0.05, 0) is 12.1 Å². The van der Waals surface area contributed by atoms with Gasteiger partial charge in [0.05, 0.1) is 16.9 Å². The zero-order chi connectivity index (χ0) is 12.0. The number of para-hydroxylation sites is 1. The van der Waals surface area contributed by atoms with Gasteiger partial charge in [-0.2, -0.15) is 5.10 Å². The molecule has 2 N–H and O–H groups in total. The fourth-order valence-electron chi connectivity index (χ4n) is 0.835. The van der Waals surface area contributed by atoms with Crippen LogP contribution in [0.25, 0.3) is 0 Å². The molecule has 0 aliphatic heterocycles. The Labute approximate surface area is 102 Å². The van der Waals surface area contributed by atoms with Gasteiger partial charge in [0.1, 0.15) is 5.03 Å². The van der Waals surface area contributed by atoms with E-state index in [2.05, 4.69) is 10.5 Å². The number of hydrogen-bond donors (Lipinski definition) is 2. The smallest absolute Gasteiger partial charge is 0.348 e. The van der Waals surface area contributed by atoms with Gasteiger partial charge in [0.25, 0.3) is 0 Å². The van der Waals surface area contributed by atoms with Crippen molar-refractivity contribution in [2.24, 2.45) is 5.10 Å². The molecule has 1 aromatic rings. The number of benzene rings is 1. The largest absolute Gasteiger partial charge is 0.477 e. The molecule has 0 saturated carbocycles. The monoisotopic (exact) mass is 258 g/mol. The van der Waals surface area contributed by atoms with Crippen molar-refractivity contribution in [2.45, 2.75) is 0 Å². The molecule has 84 valence electrons. The molecular weight excluding hydrogens is 251 g/mol. The Morgan fingerprint density at radius 3 is 2.50 bits per heavy atom. The standard InChI is InChI=1S/C10H8Cl2N2O2/c11-8(9(12)10(15)16)6-13-14-7-4-2-1-3-5-7/h1-6,14H,(H,15,16)/b9-8+,13-6-. The highest BCUT2D eigenvalue weighted by Crippen LogP contribution is 2.12. The van der Waals surface area contributed by atoms with Gasteiger partial charge in [-0.3, -0.25) is 5.43 Å². The molecule has 0 atom stereocenters. The number of allylic oxidation sites excluding steroid dienone is 1. The van der Waals surface area contributed by atoms with E-state index in [0.29, 0.717) is 0 Å². The van der Waals surface area contributed by atoms with E-state index in [1.807, 2.05) is 18.2 Å². The van der Waals surface area contributed by atoms with E-state index in [-0.39, 0.29) is 5.03 Å². The van der Waals surface area contributed by atoms with Crippen molar-refractivity contribution in [3.63, 3.8) is 0 Å². The van der Waals surface area contributed by atoms with Crippen LogP contribution in [0.1, 0.15) is 0 Å². The van der Waals surface area contributed by atoms with Crippen LogP contribution < -0.4 is 5.43 Å². The molecule has 0 aliphatic rings. The Morgan fingerprint density at radius 2 is 1.94 bits per heavy atom. The summed E-state index contributed by atoms with van der Waals surface area (Å²) in [5, 5.41) is 11.6. The molecule has 0 radical (unpaired) electrons. The van der Waals surface area contributed by atoms with Crippen molar-refractivity contribution in [1.29, 1.82) is 0 Å². The third-order valence-corrected chi connectivity index (χ3v) is 2.29. The lowest BCUT2D eigenvalue weighted by molar-refractivity contribution is -0.131. The maximum atomic E-state index is 10.4. The molecule has 0 spiro atoms. The van der Waals surface area contributed by atoms with E-state index in [9.17, 15) is 4.79 Å². The molecule has 0 heterocycles. The van der Waals surface area contributed by atoms with Crippen LogP contribution in [0.5, 0.6) is 0 Å². The van der Waals surface area contributed by atoms with Crippen LogP contribution in [0.4, 0.5) is 5.69 Å². The van der Waals surface area contributed by atoms with Crippen LogP contribution >= 0.6 is 23.2 Å². The number of aliphatic carboxylic acids is 1. The highest BCUT2D eigenvalue weighted by atomic mass is 35.5. The second-order valence-corrected chi connectivity index (χ2v) is 3.49. The first-order valence-corrected chi connectivity index (χ1v) is 4.99. The molecule has 0 aliphatic carbocycles. The molecule has 1 aromatic carbocycles. The highest BCUT2D eigenvalue weighted by Gasteiger charge is 2.07. The lowest BCUT2D eigenvalue weighted by Crippen LogP contribution is -1.97. The lowest BCUT2D eigenvalue weighted by atomic mass is 10.3. The predicted molar refractivity (Wildman–Crippen MR) is 64.9 cm³/mol. The first kappa shape index (κ1) is 12.5. The third-order valence-electron chi connectivity index (χ3n) is 1.54. The van der Waals surface area contributed by atoms with Crippen LogP contribution in [0.2, 0.25) is 0 Å². The summed E-state index contributed by atoms with van der Waals surface area (Å²) in [7, 11) is 0. The first-order chi connectivity index (χ1) is 7.61. The van der Waals surface area contributed by atoms with Gasteiger partial charge >= 0.3 is 5.97 Å². The normalized spacial score (nSPS) is 12.4. The quantitative estimate of drug-likeness (QED) is 0.496. The summed E-state index contributed by atoms with van der Waals surface area (Å²) >= 11 is 10.9. The van der Waals surface area contributed by atoms with Crippen LogP contribution in [-0.2, 0) is 4.79 Å². The molecule has 6 heteroatoms. The minimum Gasteiger partial charge on any atom is -0.477 e. The summed E-state index contributed by atoms with van der Waals surface area (Å²) in [6.45, 7) is 0. The molecular formula is C10H8Cl2N2O2. The van der Waals surface area contributed by atoms with Crippen molar-refractivity contribution in [3.05, 3.63) is 40.4 Å². The van der Waals surface area contributed by atoms with Gasteiger partial charge in [-0.15, -0.1) is 0 Å². The molecule has 0 bridgehead atoms. The lowest BCUT2D eigenvalue weighted by Gasteiger charge is -1.98. The molecule has 16 heavy (non-hydrogen) atoms. The number of nitrogens with zero attached hydrogens (tertiary/aromatic N) is 1. The van der Waals surface area contributed by atoms with E-state index in [1.54, 1.807) is 12.1 Å². The zero-order valence-corrected chi connectivity index (χ0v) is 9.53. The van der Waals surface area contributed by atoms with Crippen molar-refractivity contribution in [2.75, 3.05) is 5.43 Å². The number of anilines is 1. The summed E-state index contributed by atoms with van der Waals surface area (Å²) in [5.74, 6) is -1.29. The second-order valence-electron chi connectivity index (χ2n) is 2.70. The fourth-order valence-corrected chi connectivity index (χ4v) is 1.01. The van der Waals surface area contributed by atoms with E-state index in [1.165, 1.54) is 0 Å². The fraction of sp³-hybridized carbons (Fsp3) is 0. The highest BCUT2D eigenvalue weighted by molar-refractivity contribution is 6.51. The molecule has 0 fully saturated rings. The van der Waals surface area contributed by atoms with Gasteiger partial charge in [0, 0.05) is 0 Å². The minimum absolute atomic E-state index is 0.141. The summed E-state index contributed by atoms with van der Waals surface area (Å²) < 4.78 is 0. The zero-order valence-electron chi connectivity index (χ0n) is 8.02. The van der Waals surface area contributed by atoms with E-state index >= 15 is 0 Å². The number of hydrogen-bond acceptors (Lipinski definition) is 3. The first-order valence-electron chi connectivity index (χ1n) is 4.24. The number of carboxylic acids is 1. The van der Waals surface area contributed by atoms with Gasteiger partial charge in [-0.25, -0.2) is 4.79 Å². The molecule has 4 nitrogen and oxygen atoms in total. The molecule has 0 saturated heterocycles. The van der Waals surface area contributed by atoms with E-state index in [4.69, 9.17) is 28.3 Å². The maximum Gasteiger partial charge on any atom is 0.348 e. The average molecular weight is 259 g/mol. The third kappa shape index (κ3) is 3.92. The summed E-state index contributed by atoms with van der Waals surface area (Å²) in [6.07, 6.45) is 1.13. The van der Waals surface area contributed by atoms with E-state index < -0.39 is 11.0 Å². The number of hydrazone groups is 1. The predicted octanol–water partition coefficient (Wildman–Crippen LogP) is 2.86. The van der Waals surface area contributed by atoms with Crippen LogP contribution in [-0.4, -0.2) is 17.3 Å². The average Bonchev–Trinajstić information content (AvgIpc) is 2.29. The summed E-state index contributed by atoms with van der Waals surface area (Å²) in [4.78, 5) is 10.4. The van der Waals surface area contributed by atoms with Crippen LogP contribution in [0.3, 0.4) is 0 Å². The number of rotatable bonds is 4. The van der Waals surface area contributed by atoms with Crippen LogP contribution in [0.15, 0.2) is 45.5 Å². The Hall–Kier alpha value is -1.52. The Kier molecular flexibility index (Phi) is 4.82. The number of halogens is 2. The molecule has 0 unspecified atom stereocenters. The number of carboxylic acid groups (broad SMARTS) is 1. The summed E-state index contributed by atoms with van der Waals surface area (Å²) in [6, 6.07) is 9.13. The van der Waals surface area contributed by atoms with Gasteiger partial charge < -0.3 is 5.11 Å². The van der Waals surface area contributed by atoms with Crippen molar-refractivity contribution in [1.82, 2.24) is 0 Å². The van der Waals surface area contributed by atoms with Crippen molar-refractivity contribution < 1.29 is 9.90 Å². The molecule has 0 aromatic heterocycles. The van der Waals surface area contributed by atoms with Gasteiger partial charge in [0.15, 0.2) is 0 Å². The Balaban J connectivity index is 2.63. The number of nitrogens with one attached hydrogen (secondary N) is 1. The molecule has 0 amide bonds. The SMILES string of the molecule is O=C(O)/C(Cl)=C(Cl)/C=N\Nc1ccccc1. The maximum absolute atomic E-state index is 10.4. The number of carbonyl (C=O) groups is 1. The summed E-state index contributed by atoms with van der Waals surface area (Å²) in [5.41, 5.74) is 3.43. The Morgan fingerprint density at radius 1 is 1.31 bits per heavy atom. The molecule has 1 rings (SSSR count). The topological polar surface area (TPSA) is 61.7 Å². The van der Waals surface area contributed by atoms with Crippen molar-refractivity contribution in [3.8, 4) is 0 Å². The van der Waals surface area contributed by atoms with Crippen molar-refractivity contribution >= 4 is 41.1 Å². The minimum atomic E-state index is -1.29. The Bertz CT molecular complexity index is 430. The van der Waals surface area contributed by atoms with E-state index in [0.717, 1.165) is 11.9 Å². The van der Waals surface area contributed by atoms with Crippen LogP contribution in [0, 0.1) is 0 Å². The van der Waals surface area contributed by atoms with Gasteiger partial charge in [0.2, 0.25) is 0 Å². The second kappa shape index (κ2) is 6.15. The van der Waals surface area contributed by atoms with Gasteiger partial charge in [-0.1, -0.05) is 41.4 Å².